The number of aryl methyl sites for hydroxylation is 4. The molecule has 0 bridgehead atoms. The molecule has 2 atom stereocenters. The van der Waals surface area contributed by atoms with Crippen molar-refractivity contribution in [3.05, 3.63) is 115 Å². The third kappa shape index (κ3) is 18.3. The van der Waals surface area contributed by atoms with Gasteiger partial charge in [0.05, 0.1) is 11.2 Å². The second-order valence-corrected chi connectivity index (χ2v) is 22.1. The first-order chi connectivity index (χ1) is 31.8. The fourth-order valence-corrected chi connectivity index (χ4v) is 8.04. The van der Waals surface area contributed by atoms with Gasteiger partial charge < -0.3 is 48.1 Å². The van der Waals surface area contributed by atoms with E-state index in [1.165, 1.54) is 0 Å². The van der Waals surface area contributed by atoms with Gasteiger partial charge in [0.15, 0.2) is 25.8 Å². The first-order valence-electron chi connectivity index (χ1n) is 23.9. The molecule has 0 spiro atoms. The number of rotatable bonds is 20. The van der Waals surface area contributed by atoms with Crippen LogP contribution in [-0.2, 0) is 47.8 Å². The Hall–Kier alpha value is -5.14. The molecule has 2 N–H and O–H groups in total. The topological polar surface area (TPSA) is 148 Å². The Morgan fingerprint density at radius 3 is 1.13 bits per heavy atom. The van der Waals surface area contributed by atoms with Gasteiger partial charge in [-0.05, 0) is 188 Å². The molecule has 0 saturated heterocycles. The summed E-state index contributed by atoms with van der Waals surface area (Å²) in [5.41, 5.74) is 8.85. The van der Waals surface area contributed by atoms with E-state index in [9.17, 15) is 19.8 Å². The van der Waals surface area contributed by atoms with E-state index in [0.29, 0.717) is 42.3 Å². The molecule has 380 valence electrons. The van der Waals surface area contributed by atoms with E-state index >= 15 is 0 Å². The zero-order valence-electron chi connectivity index (χ0n) is 44.7. The summed E-state index contributed by atoms with van der Waals surface area (Å²) < 4.78 is 48.0. The Bertz CT molecular complexity index is 2240. The first-order valence-corrected chi connectivity index (χ1v) is 23.9. The van der Waals surface area contributed by atoms with Crippen molar-refractivity contribution in [3.8, 4) is 23.0 Å². The molecular weight excluding hydrogens is 877 g/mol. The summed E-state index contributed by atoms with van der Waals surface area (Å²) in [4.78, 5) is 25.6. The number of carbonyl (C=O) groups excluding carboxylic acids is 2. The quantitative estimate of drug-likeness (QED) is 0.0641. The smallest absolute Gasteiger partial charge is 0.344 e. The highest BCUT2D eigenvalue weighted by molar-refractivity contribution is 5.72. The number of ether oxygens (including phenoxy) is 8. The van der Waals surface area contributed by atoms with Gasteiger partial charge in [-0.1, -0.05) is 47.5 Å². The van der Waals surface area contributed by atoms with Crippen LogP contribution in [0.3, 0.4) is 0 Å². The number of benzene rings is 4. The molecule has 2 unspecified atom stereocenters. The van der Waals surface area contributed by atoms with Crippen molar-refractivity contribution >= 4 is 11.9 Å². The van der Waals surface area contributed by atoms with Crippen LogP contribution in [0.4, 0.5) is 0 Å². The Morgan fingerprint density at radius 2 is 0.812 bits per heavy atom. The Labute approximate surface area is 411 Å². The number of carbonyl (C=O) groups is 2. The lowest BCUT2D eigenvalue weighted by molar-refractivity contribution is -0.178. The van der Waals surface area contributed by atoms with Gasteiger partial charge in [0.2, 0.25) is 0 Å². The molecule has 0 aliphatic carbocycles. The monoisotopic (exact) mass is 957 g/mol. The van der Waals surface area contributed by atoms with Crippen LogP contribution < -0.4 is 18.9 Å². The van der Waals surface area contributed by atoms with E-state index in [4.69, 9.17) is 37.9 Å². The molecule has 0 fully saturated rings. The third-order valence-corrected chi connectivity index (χ3v) is 10.7. The van der Waals surface area contributed by atoms with Crippen molar-refractivity contribution in [2.24, 2.45) is 0 Å². The number of aliphatic hydroxyl groups excluding tert-OH is 2. The summed E-state index contributed by atoms with van der Waals surface area (Å²) >= 11 is 0. The van der Waals surface area contributed by atoms with E-state index in [-0.39, 0.29) is 26.4 Å². The van der Waals surface area contributed by atoms with Gasteiger partial charge >= 0.3 is 11.9 Å². The van der Waals surface area contributed by atoms with Crippen LogP contribution in [0.15, 0.2) is 48.5 Å². The number of esters is 2. The maximum Gasteiger partial charge on any atom is 0.344 e. The second-order valence-electron chi connectivity index (χ2n) is 22.1. The third-order valence-electron chi connectivity index (χ3n) is 10.7. The highest BCUT2D eigenvalue weighted by Crippen LogP contribution is 2.39. The molecule has 4 aromatic rings. The summed E-state index contributed by atoms with van der Waals surface area (Å²) in [6, 6.07) is 16.0. The van der Waals surface area contributed by atoms with Crippen molar-refractivity contribution < 1.29 is 57.7 Å². The predicted molar refractivity (Wildman–Crippen MR) is 270 cm³/mol. The SMILES string of the molecule is Cc1ccc(OCC(=O)OC(C)(C)C)c(Cc2c(C)c(Cc3cc(C)c(OCC(O)OC(C)(C)C)c(Cc4cc(C)ccc4OCC(=O)OC(C)(C)C)c3C)cc(C)c2OCC(O)OC(C)(C)C)c1. The minimum Gasteiger partial charge on any atom is -0.488 e. The van der Waals surface area contributed by atoms with Crippen molar-refractivity contribution in [2.45, 2.75) is 179 Å². The molecule has 0 aliphatic rings. The van der Waals surface area contributed by atoms with Crippen molar-refractivity contribution in [1.29, 1.82) is 0 Å². The zero-order valence-corrected chi connectivity index (χ0v) is 44.7. The number of hydrogen-bond donors (Lipinski definition) is 2. The van der Waals surface area contributed by atoms with Crippen molar-refractivity contribution in [1.82, 2.24) is 0 Å². The average Bonchev–Trinajstić information content (AvgIpc) is 3.17. The lowest BCUT2D eigenvalue weighted by Crippen LogP contribution is -2.31. The van der Waals surface area contributed by atoms with E-state index < -0.39 is 46.9 Å². The van der Waals surface area contributed by atoms with E-state index in [2.05, 4.69) is 26.0 Å². The standard InChI is InChI=1S/C57H80O12/c1-34-19-21-46(62-30-48(58)66-54(7,8)9)42(23-34)28-44-38(5)40(25-36(3)52(44)64-32-50(60)68-56(13,14)15)27-41-26-37(4)53(65-33-51(61)69-57(16,17)18)45(39(41)6)29-43-24-35(2)20-22-47(43)63-31-49(59)67-55(10,11)12/h19-26,50-51,60-61H,27-33H2,1-18H3. The zero-order chi connectivity index (χ0) is 51.8. The molecule has 0 heterocycles. The molecule has 4 rings (SSSR count). The van der Waals surface area contributed by atoms with Gasteiger partial charge in [0.1, 0.15) is 47.4 Å². The lowest BCUT2D eigenvalue weighted by atomic mass is 9.86. The maximum atomic E-state index is 12.8. The van der Waals surface area contributed by atoms with Crippen LogP contribution >= 0.6 is 0 Å². The molecular formula is C57H80O12. The fourth-order valence-electron chi connectivity index (χ4n) is 8.04. The summed E-state index contributed by atoms with van der Waals surface area (Å²) in [5.74, 6) is 1.40. The van der Waals surface area contributed by atoms with Gasteiger partial charge in [-0.2, -0.15) is 0 Å². The van der Waals surface area contributed by atoms with Crippen LogP contribution in [0.2, 0.25) is 0 Å². The lowest BCUT2D eigenvalue weighted by Gasteiger charge is -2.27. The Balaban J connectivity index is 1.85. The first kappa shape index (κ1) is 56.4. The predicted octanol–water partition coefficient (Wildman–Crippen LogP) is 10.8. The average molecular weight is 957 g/mol. The van der Waals surface area contributed by atoms with Crippen LogP contribution in [0.5, 0.6) is 23.0 Å². The summed E-state index contributed by atoms with van der Waals surface area (Å²) in [6.07, 6.45) is -1.02. The van der Waals surface area contributed by atoms with Gasteiger partial charge in [0.25, 0.3) is 0 Å². The molecule has 0 radical (unpaired) electrons. The molecule has 69 heavy (non-hydrogen) atoms. The van der Waals surface area contributed by atoms with Crippen LogP contribution in [0.1, 0.15) is 150 Å². The normalized spacial score (nSPS) is 13.2. The van der Waals surface area contributed by atoms with Gasteiger partial charge in [-0.15, -0.1) is 0 Å². The fraction of sp³-hybridized carbons (Fsp3) is 0.544. The summed E-state index contributed by atoms with van der Waals surface area (Å²) in [5, 5.41) is 21.8. The molecule has 12 nitrogen and oxygen atoms in total. The van der Waals surface area contributed by atoms with Crippen LogP contribution in [0.25, 0.3) is 0 Å². The summed E-state index contributed by atoms with van der Waals surface area (Å²) in [7, 11) is 0. The second kappa shape index (κ2) is 23.2. The molecule has 0 saturated carbocycles. The van der Waals surface area contributed by atoms with Crippen LogP contribution in [0, 0.1) is 41.5 Å². The van der Waals surface area contributed by atoms with E-state index in [0.717, 1.165) is 66.8 Å². The van der Waals surface area contributed by atoms with Crippen molar-refractivity contribution in [2.75, 3.05) is 26.4 Å². The number of aliphatic hydroxyl groups is 2. The Kier molecular flexibility index (Phi) is 19.0. The minimum atomic E-state index is -1.17. The minimum absolute atomic E-state index is 0.0965. The molecule has 0 aromatic heterocycles. The summed E-state index contributed by atoms with van der Waals surface area (Å²) in [6.45, 7) is 33.6. The van der Waals surface area contributed by atoms with E-state index in [1.54, 1.807) is 0 Å². The maximum absolute atomic E-state index is 12.8. The molecule has 12 heteroatoms. The van der Waals surface area contributed by atoms with Gasteiger partial charge in [0, 0.05) is 24.0 Å². The number of hydrogen-bond acceptors (Lipinski definition) is 12. The largest absolute Gasteiger partial charge is 0.488 e. The molecule has 0 amide bonds. The highest BCUT2D eigenvalue weighted by Gasteiger charge is 2.26. The Morgan fingerprint density at radius 1 is 0.464 bits per heavy atom. The van der Waals surface area contributed by atoms with E-state index in [1.807, 2.05) is 147 Å². The van der Waals surface area contributed by atoms with Gasteiger partial charge in [-0.25, -0.2) is 9.59 Å². The highest BCUT2D eigenvalue weighted by atomic mass is 16.6. The van der Waals surface area contributed by atoms with Crippen molar-refractivity contribution in [3.63, 3.8) is 0 Å². The van der Waals surface area contributed by atoms with Crippen LogP contribution in [-0.4, -0.2) is 83.6 Å². The molecule has 4 aromatic carbocycles. The van der Waals surface area contributed by atoms with Gasteiger partial charge in [-0.3, -0.25) is 0 Å². The molecule has 0 aliphatic heterocycles.